The summed E-state index contributed by atoms with van der Waals surface area (Å²) in [6.07, 6.45) is 0.863. The highest BCUT2D eigenvalue weighted by molar-refractivity contribution is 5.86. The van der Waals surface area contributed by atoms with Gasteiger partial charge in [-0.15, -0.1) is 0 Å². The van der Waals surface area contributed by atoms with Crippen LogP contribution in [0.4, 0.5) is 5.69 Å². The first-order valence-corrected chi connectivity index (χ1v) is 7.24. The van der Waals surface area contributed by atoms with Gasteiger partial charge in [0, 0.05) is 31.9 Å². The number of rotatable bonds is 4. The number of carbonyl (C=O) groups excluding carboxylic acids is 1. The first-order valence-electron chi connectivity index (χ1n) is 7.24. The molecule has 2 rings (SSSR count). The zero-order chi connectivity index (χ0) is 14.7. The molecule has 1 aromatic rings. The summed E-state index contributed by atoms with van der Waals surface area (Å²) in [5.74, 6) is 0.210. The van der Waals surface area contributed by atoms with Gasteiger partial charge in [0.25, 0.3) is 0 Å². The molecule has 1 N–H and O–H groups in total. The van der Waals surface area contributed by atoms with Crippen LogP contribution in [0.1, 0.15) is 24.8 Å². The molecule has 4 nitrogen and oxygen atoms in total. The number of carbonyl (C=O) groups is 1. The fourth-order valence-electron chi connectivity index (χ4n) is 2.70. The zero-order valence-electron chi connectivity index (χ0n) is 12.9. The largest absolute Gasteiger partial charge is 0.382 e. The molecular weight excluding hydrogens is 250 g/mol. The van der Waals surface area contributed by atoms with Gasteiger partial charge in [-0.2, -0.15) is 0 Å². The van der Waals surface area contributed by atoms with E-state index in [0.717, 1.165) is 30.8 Å². The molecule has 0 fully saturated rings. The predicted molar refractivity (Wildman–Crippen MR) is 83.1 cm³/mol. The van der Waals surface area contributed by atoms with Gasteiger partial charge in [-0.25, -0.2) is 0 Å². The van der Waals surface area contributed by atoms with E-state index in [1.54, 1.807) is 0 Å². The van der Waals surface area contributed by atoms with E-state index in [4.69, 9.17) is 0 Å². The number of para-hydroxylation sites is 1. The van der Waals surface area contributed by atoms with Crippen LogP contribution in [0.15, 0.2) is 24.3 Å². The van der Waals surface area contributed by atoms with Crippen molar-refractivity contribution in [3.8, 4) is 0 Å². The molecule has 0 saturated carbocycles. The van der Waals surface area contributed by atoms with Gasteiger partial charge < -0.3 is 15.1 Å². The Balaban J connectivity index is 2.13. The first-order chi connectivity index (χ1) is 9.49. The number of benzene rings is 1. The van der Waals surface area contributed by atoms with Crippen molar-refractivity contribution in [3.63, 3.8) is 0 Å². The molecular formula is C16H25N3O. The number of amides is 1. The molecule has 4 heteroatoms. The molecule has 0 bridgehead atoms. The van der Waals surface area contributed by atoms with Crippen molar-refractivity contribution in [2.24, 2.45) is 0 Å². The molecule has 0 spiro atoms. The quantitative estimate of drug-likeness (QED) is 0.913. The molecule has 0 radical (unpaired) electrons. The Bertz CT molecular complexity index is 473. The SMILES string of the molecule is CC1CC(C(=O)N(C)CCN(C)C)c2ccccc2N1. The topological polar surface area (TPSA) is 35.6 Å². The Morgan fingerprint density at radius 3 is 2.65 bits per heavy atom. The van der Waals surface area contributed by atoms with Crippen LogP contribution >= 0.6 is 0 Å². The maximum atomic E-state index is 12.7. The van der Waals surface area contributed by atoms with Gasteiger partial charge in [-0.1, -0.05) is 18.2 Å². The normalized spacial score (nSPS) is 21.2. The van der Waals surface area contributed by atoms with E-state index < -0.39 is 0 Å². The lowest BCUT2D eigenvalue weighted by Crippen LogP contribution is -2.39. The summed E-state index contributed by atoms with van der Waals surface area (Å²) in [5, 5.41) is 3.45. The fourth-order valence-corrected chi connectivity index (χ4v) is 2.70. The highest BCUT2D eigenvalue weighted by Crippen LogP contribution is 2.34. The van der Waals surface area contributed by atoms with E-state index in [-0.39, 0.29) is 11.8 Å². The lowest BCUT2D eigenvalue weighted by Gasteiger charge is -2.33. The van der Waals surface area contributed by atoms with Gasteiger partial charge in [0.1, 0.15) is 0 Å². The van der Waals surface area contributed by atoms with Crippen molar-refractivity contribution >= 4 is 11.6 Å². The summed E-state index contributed by atoms with van der Waals surface area (Å²) in [6.45, 7) is 3.80. The van der Waals surface area contributed by atoms with Crippen molar-refractivity contribution in [1.29, 1.82) is 0 Å². The van der Waals surface area contributed by atoms with Gasteiger partial charge in [0.2, 0.25) is 5.91 Å². The Morgan fingerprint density at radius 2 is 1.95 bits per heavy atom. The molecule has 1 aliphatic heterocycles. The number of nitrogens with zero attached hydrogens (tertiary/aromatic N) is 2. The van der Waals surface area contributed by atoms with Crippen LogP contribution in [-0.2, 0) is 4.79 Å². The number of anilines is 1. The number of nitrogens with one attached hydrogen (secondary N) is 1. The third-order valence-electron chi connectivity index (χ3n) is 3.88. The molecule has 0 aliphatic carbocycles. The van der Waals surface area contributed by atoms with Crippen LogP contribution in [0.5, 0.6) is 0 Å². The molecule has 1 aromatic carbocycles. The summed E-state index contributed by atoms with van der Waals surface area (Å²) >= 11 is 0. The Morgan fingerprint density at radius 1 is 1.25 bits per heavy atom. The number of likely N-dealkylation sites (N-methyl/N-ethyl adjacent to an activating group) is 2. The minimum Gasteiger partial charge on any atom is -0.382 e. The summed E-state index contributed by atoms with van der Waals surface area (Å²) in [4.78, 5) is 16.7. The van der Waals surface area contributed by atoms with Crippen molar-refractivity contribution in [3.05, 3.63) is 29.8 Å². The Labute approximate surface area is 121 Å². The lowest BCUT2D eigenvalue weighted by molar-refractivity contribution is -0.132. The Kier molecular flexibility index (Phi) is 4.65. The minimum atomic E-state index is -0.0189. The highest BCUT2D eigenvalue weighted by Gasteiger charge is 2.31. The number of hydrogen-bond acceptors (Lipinski definition) is 3. The standard InChI is InChI=1S/C16H25N3O/c1-12-11-14(13-7-5-6-8-15(13)17-12)16(20)19(4)10-9-18(2)3/h5-8,12,14,17H,9-11H2,1-4H3. The van der Waals surface area contributed by atoms with E-state index in [1.165, 1.54) is 0 Å². The molecule has 110 valence electrons. The second-order valence-electron chi connectivity index (χ2n) is 5.98. The number of fused-ring (bicyclic) bond motifs is 1. The molecule has 2 atom stereocenters. The van der Waals surface area contributed by atoms with Gasteiger partial charge in [0.05, 0.1) is 5.92 Å². The zero-order valence-corrected chi connectivity index (χ0v) is 12.9. The molecule has 1 aliphatic rings. The summed E-state index contributed by atoms with van der Waals surface area (Å²) in [5.41, 5.74) is 2.23. The first kappa shape index (κ1) is 14.9. The monoisotopic (exact) mass is 275 g/mol. The van der Waals surface area contributed by atoms with Crippen LogP contribution < -0.4 is 5.32 Å². The maximum absolute atomic E-state index is 12.7. The molecule has 2 unspecified atom stereocenters. The van der Waals surface area contributed by atoms with Crippen molar-refractivity contribution in [1.82, 2.24) is 9.80 Å². The smallest absolute Gasteiger partial charge is 0.230 e. The average Bonchev–Trinajstić information content (AvgIpc) is 2.42. The summed E-state index contributed by atoms with van der Waals surface area (Å²) < 4.78 is 0. The van der Waals surface area contributed by atoms with Gasteiger partial charge >= 0.3 is 0 Å². The second kappa shape index (κ2) is 6.27. The average molecular weight is 275 g/mol. The van der Waals surface area contributed by atoms with E-state index >= 15 is 0 Å². The molecule has 0 aromatic heterocycles. The van der Waals surface area contributed by atoms with Crippen LogP contribution in [-0.4, -0.2) is 56.0 Å². The van der Waals surface area contributed by atoms with E-state index in [0.29, 0.717) is 6.04 Å². The minimum absolute atomic E-state index is 0.0189. The van der Waals surface area contributed by atoms with E-state index in [9.17, 15) is 4.79 Å². The van der Waals surface area contributed by atoms with Crippen LogP contribution in [0.3, 0.4) is 0 Å². The van der Waals surface area contributed by atoms with E-state index in [1.807, 2.05) is 38.2 Å². The summed E-state index contributed by atoms with van der Waals surface area (Å²) in [7, 11) is 5.96. The molecule has 0 saturated heterocycles. The van der Waals surface area contributed by atoms with E-state index in [2.05, 4.69) is 29.3 Å². The third-order valence-corrected chi connectivity index (χ3v) is 3.88. The predicted octanol–water partition coefficient (Wildman–Crippen LogP) is 1.99. The lowest BCUT2D eigenvalue weighted by atomic mass is 9.86. The van der Waals surface area contributed by atoms with Gasteiger partial charge in [-0.05, 0) is 39.1 Å². The van der Waals surface area contributed by atoms with Crippen LogP contribution in [0.2, 0.25) is 0 Å². The molecule has 1 heterocycles. The van der Waals surface area contributed by atoms with Crippen molar-refractivity contribution < 1.29 is 4.79 Å². The molecule has 20 heavy (non-hydrogen) atoms. The summed E-state index contributed by atoms with van der Waals surface area (Å²) in [6, 6.07) is 8.49. The third kappa shape index (κ3) is 3.31. The Hall–Kier alpha value is -1.55. The van der Waals surface area contributed by atoms with Crippen LogP contribution in [0.25, 0.3) is 0 Å². The maximum Gasteiger partial charge on any atom is 0.230 e. The van der Waals surface area contributed by atoms with Gasteiger partial charge in [-0.3, -0.25) is 4.79 Å². The van der Waals surface area contributed by atoms with Gasteiger partial charge in [0.15, 0.2) is 0 Å². The highest BCUT2D eigenvalue weighted by atomic mass is 16.2. The fraction of sp³-hybridized carbons (Fsp3) is 0.562. The number of hydrogen-bond donors (Lipinski definition) is 1. The van der Waals surface area contributed by atoms with Crippen LogP contribution in [0, 0.1) is 0 Å². The van der Waals surface area contributed by atoms with Crippen molar-refractivity contribution in [2.45, 2.75) is 25.3 Å². The second-order valence-corrected chi connectivity index (χ2v) is 5.98. The molecule has 1 amide bonds. The van der Waals surface area contributed by atoms with Crippen molar-refractivity contribution in [2.75, 3.05) is 39.5 Å².